The van der Waals surface area contributed by atoms with Crippen LogP contribution in [0.15, 0.2) is 18.2 Å². The van der Waals surface area contributed by atoms with Gasteiger partial charge in [-0.05, 0) is 25.1 Å². The number of aromatic nitrogens is 1. The van der Waals surface area contributed by atoms with Crippen LogP contribution in [0.5, 0.6) is 5.75 Å². The van der Waals surface area contributed by atoms with Crippen molar-refractivity contribution >= 4 is 11.3 Å². The third-order valence-electron chi connectivity index (χ3n) is 2.63. The molecule has 0 fully saturated rings. The minimum absolute atomic E-state index is 0.0598. The van der Waals surface area contributed by atoms with Crippen molar-refractivity contribution in [2.75, 3.05) is 13.7 Å². The molecule has 0 aliphatic heterocycles. The molecule has 2 aromatic rings. The van der Waals surface area contributed by atoms with E-state index in [0.29, 0.717) is 22.7 Å². The highest BCUT2D eigenvalue weighted by Crippen LogP contribution is 2.34. The zero-order chi connectivity index (χ0) is 13.1. The van der Waals surface area contributed by atoms with E-state index in [1.165, 1.54) is 23.5 Å². The molecule has 0 bridgehead atoms. The van der Waals surface area contributed by atoms with Crippen molar-refractivity contribution in [1.29, 1.82) is 0 Å². The molecule has 0 aliphatic rings. The minimum atomic E-state index is -0.317. The van der Waals surface area contributed by atoms with Crippen LogP contribution in [0.4, 0.5) is 4.39 Å². The molecule has 1 aromatic heterocycles. The summed E-state index contributed by atoms with van der Waals surface area (Å²) in [5, 5.41) is 9.66. The van der Waals surface area contributed by atoms with Crippen LogP contribution >= 0.6 is 11.3 Å². The Hall–Kier alpha value is -1.46. The first kappa shape index (κ1) is 13.0. The van der Waals surface area contributed by atoms with Crippen LogP contribution in [0.1, 0.15) is 10.6 Å². The molecule has 1 aromatic carbocycles. The number of ether oxygens (including phenoxy) is 1. The van der Waals surface area contributed by atoms with E-state index in [0.717, 1.165) is 10.6 Å². The lowest BCUT2D eigenvalue weighted by molar-refractivity contribution is 0.298. The van der Waals surface area contributed by atoms with E-state index in [4.69, 9.17) is 9.84 Å². The first-order chi connectivity index (χ1) is 8.65. The minimum Gasteiger partial charge on any atom is -0.496 e. The maximum Gasteiger partial charge on any atom is 0.129 e. The van der Waals surface area contributed by atoms with Crippen molar-refractivity contribution < 1.29 is 14.2 Å². The van der Waals surface area contributed by atoms with Gasteiger partial charge in [0.15, 0.2) is 0 Å². The zero-order valence-electron chi connectivity index (χ0n) is 10.2. The summed E-state index contributed by atoms with van der Waals surface area (Å²) in [6, 6.07) is 4.37. The fourth-order valence-corrected chi connectivity index (χ4v) is 2.71. The summed E-state index contributed by atoms with van der Waals surface area (Å²) < 4.78 is 18.5. The van der Waals surface area contributed by atoms with Crippen LogP contribution in [0, 0.1) is 12.7 Å². The number of aliphatic hydroxyl groups excluding tert-OH is 1. The van der Waals surface area contributed by atoms with Gasteiger partial charge in [0.2, 0.25) is 0 Å². The van der Waals surface area contributed by atoms with Gasteiger partial charge in [-0.1, -0.05) is 0 Å². The molecule has 96 valence electrons. The monoisotopic (exact) mass is 267 g/mol. The lowest BCUT2D eigenvalue weighted by Gasteiger charge is -2.05. The number of benzene rings is 1. The molecule has 2 rings (SSSR count). The number of hydrogen-bond acceptors (Lipinski definition) is 4. The first-order valence-electron chi connectivity index (χ1n) is 5.56. The lowest BCUT2D eigenvalue weighted by atomic mass is 10.2. The molecule has 18 heavy (non-hydrogen) atoms. The second kappa shape index (κ2) is 5.46. The summed E-state index contributed by atoms with van der Waals surface area (Å²) in [6.45, 7) is 2.00. The van der Waals surface area contributed by atoms with Gasteiger partial charge in [0.25, 0.3) is 0 Å². The summed E-state index contributed by atoms with van der Waals surface area (Å²) in [4.78, 5) is 5.46. The number of halogens is 1. The van der Waals surface area contributed by atoms with Crippen molar-refractivity contribution in [3.63, 3.8) is 0 Å². The Morgan fingerprint density at radius 3 is 2.89 bits per heavy atom. The van der Waals surface area contributed by atoms with Gasteiger partial charge >= 0.3 is 0 Å². The molecule has 0 atom stereocenters. The van der Waals surface area contributed by atoms with Crippen LogP contribution < -0.4 is 4.74 Å². The van der Waals surface area contributed by atoms with Crippen LogP contribution in [0.3, 0.4) is 0 Å². The Bertz CT molecular complexity index is 554. The molecule has 0 radical (unpaired) electrons. The molecular weight excluding hydrogens is 253 g/mol. The Labute approximate surface area is 109 Å². The summed E-state index contributed by atoms with van der Waals surface area (Å²) in [5.41, 5.74) is 1.50. The maximum absolute atomic E-state index is 13.3. The summed E-state index contributed by atoms with van der Waals surface area (Å²) >= 11 is 1.48. The molecular formula is C13H14FNO2S. The van der Waals surface area contributed by atoms with Gasteiger partial charge in [0.1, 0.15) is 16.6 Å². The van der Waals surface area contributed by atoms with E-state index >= 15 is 0 Å². The largest absolute Gasteiger partial charge is 0.496 e. The molecule has 1 heterocycles. The van der Waals surface area contributed by atoms with E-state index in [2.05, 4.69) is 4.98 Å². The van der Waals surface area contributed by atoms with E-state index in [9.17, 15) is 4.39 Å². The molecule has 0 saturated carbocycles. The standard InChI is InChI=1S/C13H14FNO2S/c1-8-11(5-6-16)15-13(18-8)10-7-9(14)3-4-12(10)17-2/h3-4,7,16H,5-6H2,1-2H3. The number of thiazole rings is 1. The smallest absolute Gasteiger partial charge is 0.129 e. The predicted octanol–water partition coefficient (Wildman–Crippen LogP) is 2.80. The highest BCUT2D eigenvalue weighted by Gasteiger charge is 2.14. The SMILES string of the molecule is COc1ccc(F)cc1-c1nc(CCO)c(C)s1. The normalized spacial score (nSPS) is 10.7. The van der Waals surface area contributed by atoms with Crippen molar-refractivity contribution in [2.45, 2.75) is 13.3 Å². The van der Waals surface area contributed by atoms with Crippen molar-refractivity contribution in [3.8, 4) is 16.3 Å². The van der Waals surface area contributed by atoms with Gasteiger partial charge in [-0.15, -0.1) is 11.3 Å². The molecule has 5 heteroatoms. The van der Waals surface area contributed by atoms with Gasteiger partial charge in [0, 0.05) is 17.9 Å². The first-order valence-corrected chi connectivity index (χ1v) is 6.38. The third-order valence-corrected chi connectivity index (χ3v) is 3.68. The van der Waals surface area contributed by atoms with Gasteiger partial charge < -0.3 is 9.84 Å². The Morgan fingerprint density at radius 2 is 2.22 bits per heavy atom. The average molecular weight is 267 g/mol. The number of hydrogen-bond donors (Lipinski definition) is 1. The predicted molar refractivity (Wildman–Crippen MR) is 69.6 cm³/mol. The summed E-state index contributed by atoms with van der Waals surface area (Å²) in [7, 11) is 1.55. The Kier molecular flexibility index (Phi) is 3.93. The molecule has 0 unspecified atom stereocenters. The Morgan fingerprint density at radius 1 is 1.44 bits per heavy atom. The second-order valence-corrected chi connectivity index (χ2v) is 5.04. The molecule has 0 amide bonds. The highest BCUT2D eigenvalue weighted by molar-refractivity contribution is 7.15. The molecule has 0 saturated heterocycles. The molecule has 3 nitrogen and oxygen atoms in total. The topological polar surface area (TPSA) is 42.4 Å². The van der Waals surface area contributed by atoms with Gasteiger partial charge in [-0.25, -0.2) is 9.37 Å². The maximum atomic E-state index is 13.3. The van der Waals surface area contributed by atoms with Crippen LogP contribution in [-0.4, -0.2) is 23.8 Å². The van der Waals surface area contributed by atoms with Crippen LogP contribution in [0.25, 0.3) is 10.6 Å². The number of methoxy groups -OCH3 is 1. The van der Waals surface area contributed by atoms with Crippen LogP contribution in [-0.2, 0) is 6.42 Å². The van der Waals surface area contributed by atoms with Gasteiger partial charge in [-0.3, -0.25) is 0 Å². The van der Waals surface area contributed by atoms with E-state index in [-0.39, 0.29) is 12.4 Å². The van der Waals surface area contributed by atoms with E-state index in [1.807, 2.05) is 6.92 Å². The molecule has 1 N–H and O–H groups in total. The third kappa shape index (κ3) is 2.52. The zero-order valence-corrected chi connectivity index (χ0v) is 11.1. The average Bonchev–Trinajstić information content (AvgIpc) is 2.71. The molecule has 0 spiro atoms. The van der Waals surface area contributed by atoms with Crippen molar-refractivity contribution in [3.05, 3.63) is 34.6 Å². The number of rotatable bonds is 4. The summed E-state index contributed by atoms with van der Waals surface area (Å²) in [5.74, 6) is 0.281. The van der Waals surface area contributed by atoms with E-state index < -0.39 is 0 Å². The lowest BCUT2D eigenvalue weighted by Crippen LogP contribution is -1.93. The fraction of sp³-hybridized carbons (Fsp3) is 0.308. The van der Waals surface area contributed by atoms with E-state index in [1.54, 1.807) is 13.2 Å². The second-order valence-electron chi connectivity index (χ2n) is 3.84. The fourth-order valence-electron chi connectivity index (χ4n) is 1.73. The number of aliphatic hydroxyl groups is 1. The quantitative estimate of drug-likeness (QED) is 0.926. The Balaban J connectivity index is 2.47. The van der Waals surface area contributed by atoms with Crippen molar-refractivity contribution in [1.82, 2.24) is 4.98 Å². The van der Waals surface area contributed by atoms with Gasteiger partial charge in [0.05, 0.1) is 18.4 Å². The number of aryl methyl sites for hydroxylation is 1. The molecule has 0 aliphatic carbocycles. The number of nitrogens with zero attached hydrogens (tertiary/aromatic N) is 1. The van der Waals surface area contributed by atoms with Crippen molar-refractivity contribution in [2.24, 2.45) is 0 Å². The van der Waals surface area contributed by atoms with Crippen LogP contribution in [0.2, 0.25) is 0 Å². The highest BCUT2D eigenvalue weighted by atomic mass is 32.1. The summed E-state index contributed by atoms with van der Waals surface area (Å²) in [6.07, 6.45) is 0.514. The van der Waals surface area contributed by atoms with Gasteiger partial charge in [-0.2, -0.15) is 0 Å².